The van der Waals surface area contributed by atoms with Gasteiger partial charge in [0.1, 0.15) is 0 Å². The molecule has 8 nitrogen and oxygen atoms in total. The molecule has 1 aliphatic heterocycles. The highest BCUT2D eigenvalue weighted by Gasteiger charge is 2.32. The summed E-state index contributed by atoms with van der Waals surface area (Å²) in [6.45, 7) is 3.39. The molecule has 0 aliphatic carbocycles. The molecule has 1 aromatic heterocycles. The quantitative estimate of drug-likeness (QED) is 0.755. The molecule has 8 heteroatoms. The highest BCUT2D eigenvalue weighted by Crippen LogP contribution is 2.23. The molecule has 2 N–H and O–H groups in total. The van der Waals surface area contributed by atoms with E-state index in [0.29, 0.717) is 19.7 Å². The highest BCUT2D eigenvalue weighted by atomic mass is 16.5. The lowest BCUT2D eigenvalue weighted by Crippen LogP contribution is -2.36. The summed E-state index contributed by atoms with van der Waals surface area (Å²) in [7, 11) is 0. The lowest BCUT2D eigenvalue weighted by Gasteiger charge is -2.16. The van der Waals surface area contributed by atoms with Crippen LogP contribution in [-0.4, -0.2) is 51.2 Å². The second-order valence-electron chi connectivity index (χ2n) is 4.68. The summed E-state index contributed by atoms with van der Waals surface area (Å²) in [4.78, 5) is 22.6. The van der Waals surface area contributed by atoms with Gasteiger partial charge >= 0.3 is 5.97 Å². The van der Waals surface area contributed by atoms with E-state index in [1.165, 1.54) is 10.9 Å². The number of nitrogens with zero attached hydrogens (tertiary/aromatic N) is 3. The van der Waals surface area contributed by atoms with E-state index in [4.69, 9.17) is 9.84 Å². The summed E-state index contributed by atoms with van der Waals surface area (Å²) in [5.74, 6) is -1.23. The molecule has 1 amide bonds. The molecule has 2 rings (SSSR count). The lowest BCUT2D eigenvalue weighted by molar-refractivity contribution is -0.126. The van der Waals surface area contributed by atoms with E-state index in [2.05, 4.69) is 15.6 Å². The molecule has 1 fully saturated rings. The molecule has 0 radical (unpaired) electrons. The maximum Gasteiger partial charge on any atom is 0.358 e. The van der Waals surface area contributed by atoms with Crippen LogP contribution >= 0.6 is 0 Å². The summed E-state index contributed by atoms with van der Waals surface area (Å²) in [6.07, 6.45) is 2.90. The Labute approximate surface area is 116 Å². The standard InChI is InChI=1S/C12H18N4O4/c1-2-10-8(3-6-20-10)11(17)13-4-5-16-7-9(12(18)19)14-15-16/h7-8,10H,2-6H2,1H3,(H,13,17)(H,18,19). The number of nitrogens with one attached hydrogen (secondary N) is 1. The number of amides is 1. The molecule has 2 atom stereocenters. The Morgan fingerprint density at radius 2 is 2.40 bits per heavy atom. The number of carboxylic acid groups (broad SMARTS) is 1. The number of carbonyl (C=O) groups is 2. The van der Waals surface area contributed by atoms with Gasteiger partial charge in [0.2, 0.25) is 5.91 Å². The Balaban J connectivity index is 1.77. The van der Waals surface area contributed by atoms with Crippen LogP contribution in [-0.2, 0) is 16.1 Å². The zero-order valence-corrected chi connectivity index (χ0v) is 11.3. The van der Waals surface area contributed by atoms with E-state index in [1.807, 2.05) is 6.92 Å². The van der Waals surface area contributed by atoms with Gasteiger partial charge in [-0.25, -0.2) is 9.48 Å². The van der Waals surface area contributed by atoms with Crippen molar-refractivity contribution in [3.63, 3.8) is 0 Å². The summed E-state index contributed by atoms with van der Waals surface area (Å²) < 4.78 is 6.87. The summed E-state index contributed by atoms with van der Waals surface area (Å²) in [5, 5.41) is 18.7. The van der Waals surface area contributed by atoms with Crippen LogP contribution in [0.5, 0.6) is 0 Å². The summed E-state index contributed by atoms with van der Waals surface area (Å²) in [5.41, 5.74) is -0.105. The Kier molecular flexibility index (Phi) is 4.67. The van der Waals surface area contributed by atoms with Crippen molar-refractivity contribution in [3.8, 4) is 0 Å². The first-order chi connectivity index (χ1) is 9.61. The zero-order chi connectivity index (χ0) is 14.5. The first-order valence-electron chi connectivity index (χ1n) is 6.64. The van der Waals surface area contributed by atoms with Gasteiger partial charge < -0.3 is 15.2 Å². The van der Waals surface area contributed by atoms with E-state index in [1.54, 1.807) is 0 Å². The fraction of sp³-hybridized carbons (Fsp3) is 0.667. The molecule has 0 aromatic carbocycles. The summed E-state index contributed by atoms with van der Waals surface area (Å²) in [6, 6.07) is 0. The fourth-order valence-electron chi connectivity index (χ4n) is 2.28. The van der Waals surface area contributed by atoms with Crippen LogP contribution in [0.1, 0.15) is 30.3 Å². The topological polar surface area (TPSA) is 106 Å². The Hall–Kier alpha value is -1.96. The first-order valence-corrected chi connectivity index (χ1v) is 6.64. The van der Waals surface area contributed by atoms with Gasteiger partial charge in [-0.1, -0.05) is 12.1 Å². The first kappa shape index (κ1) is 14.4. The van der Waals surface area contributed by atoms with Crippen molar-refractivity contribution in [2.45, 2.75) is 32.4 Å². The van der Waals surface area contributed by atoms with Gasteiger partial charge in [0.15, 0.2) is 5.69 Å². The number of hydrogen-bond acceptors (Lipinski definition) is 5. The lowest BCUT2D eigenvalue weighted by atomic mass is 9.99. The van der Waals surface area contributed by atoms with Crippen LogP contribution in [0.4, 0.5) is 0 Å². The van der Waals surface area contributed by atoms with Crippen LogP contribution in [0.15, 0.2) is 6.20 Å². The van der Waals surface area contributed by atoms with Crippen LogP contribution in [0, 0.1) is 5.92 Å². The largest absolute Gasteiger partial charge is 0.476 e. The van der Waals surface area contributed by atoms with E-state index in [-0.39, 0.29) is 23.6 Å². The predicted molar refractivity (Wildman–Crippen MR) is 68.1 cm³/mol. The zero-order valence-electron chi connectivity index (χ0n) is 11.3. The minimum absolute atomic E-state index is 0.0000157. The average molecular weight is 282 g/mol. The molecule has 0 spiro atoms. The van der Waals surface area contributed by atoms with E-state index in [9.17, 15) is 9.59 Å². The third kappa shape index (κ3) is 3.32. The van der Waals surface area contributed by atoms with Crippen LogP contribution in [0.25, 0.3) is 0 Å². The van der Waals surface area contributed by atoms with E-state index in [0.717, 1.165) is 12.8 Å². The maximum absolute atomic E-state index is 12.0. The van der Waals surface area contributed by atoms with Crippen molar-refractivity contribution in [3.05, 3.63) is 11.9 Å². The number of aromatic carboxylic acids is 1. The predicted octanol–water partition coefficient (Wildman–Crippen LogP) is -0.0924. The SMILES string of the molecule is CCC1OCCC1C(=O)NCCn1cc(C(=O)O)nn1. The van der Waals surface area contributed by atoms with Gasteiger partial charge in [0.05, 0.1) is 24.8 Å². The maximum atomic E-state index is 12.0. The smallest absolute Gasteiger partial charge is 0.358 e. The van der Waals surface area contributed by atoms with Gasteiger partial charge in [-0.2, -0.15) is 0 Å². The third-order valence-corrected chi connectivity index (χ3v) is 3.35. The molecule has 1 aromatic rings. The van der Waals surface area contributed by atoms with Crippen molar-refractivity contribution in [1.29, 1.82) is 0 Å². The molecule has 2 heterocycles. The minimum Gasteiger partial charge on any atom is -0.476 e. The minimum atomic E-state index is -1.12. The van der Waals surface area contributed by atoms with Gasteiger partial charge in [-0.15, -0.1) is 5.10 Å². The van der Waals surface area contributed by atoms with Gasteiger partial charge in [-0.3, -0.25) is 4.79 Å². The molecule has 1 saturated heterocycles. The molecule has 2 unspecified atom stereocenters. The number of aromatic nitrogens is 3. The van der Waals surface area contributed by atoms with Crippen LogP contribution in [0.2, 0.25) is 0 Å². The number of rotatable bonds is 6. The second-order valence-corrected chi connectivity index (χ2v) is 4.68. The van der Waals surface area contributed by atoms with E-state index >= 15 is 0 Å². The number of hydrogen-bond donors (Lipinski definition) is 2. The Morgan fingerprint density at radius 1 is 1.60 bits per heavy atom. The van der Waals surface area contributed by atoms with Gasteiger partial charge in [0.25, 0.3) is 0 Å². The van der Waals surface area contributed by atoms with Crippen molar-refractivity contribution in [2.24, 2.45) is 5.92 Å². The molecule has 0 bridgehead atoms. The van der Waals surface area contributed by atoms with Crippen molar-refractivity contribution in [1.82, 2.24) is 20.3 Å². The summed E-state index contributed by atoms with van der Waals surface area (Å²) >= 11 is 0. The molecular weight excluding hydrogens is 264 g/mol. The molecule has 1 aliphatic rings. The van der Waals surface area contributed by atoms with Crippen molar-refractivity contribution in [2.75, 3.05) is 13.2 Å². The Bertz CT molecular complexity index is 488. The molecular formula is C12H18N4O4. The highest BCUT2D eigenvalue weighted by molar-refractivity contribution is 5.84. The Morgan fingerprint density at radius 3 is 3.05 bits per heavy atom. The second kappa shape index (κ2) is 6.47. The molecule has 20 heavy (non-hydrogen) atoms. The van der Waals surface area contributed by atoms with E-state index < -0.39 is 5.97 Å². The normalized spacial score (nSPS) is 21.9. The van der Waals surface area contributed by atoms with Crippen LogP contribution in [0.3, 0.4) is 0 Å². The monoisotopic (exact) mass is 282 g/mol. The van der Waals surface area contributed by atoms with Gasteiger partial charge in [-0.05, 0) is 12.8 Å². The van der Waals surface area contributed by atoms with Crippen molar-refractivity contribution < 1.29 is 19.4 Å². The average Bonchev–Trinajstić information content (AvgIpc) is 3.07. The van der Waals surface area contributed by atoms with Crippen LogP contribution < -0.4 is 5.32 Å². The fourth-order valence-corrected chi connectivity index (χ4v) is 2.28. The molecule has 110 valence electrons. The van der Waals surface area contributed by atoms with Gasteiger partial charge in [0, 0.05) is 13.2 Å². The molecule has 0 saturated carbocycles. The number of ether oxygens (including phenoxy) is 1. The third-order valence-electron chi connectivity index (χ3n) is 3.35. The number of carbonyl (C=O) groups excluding carboxylic acids is 1. The number of carboxylic acids is 1. The van der Waals surface area contributed by atoms with Crippen molar-refractivity contribution >= 4 is 11.9 Å².